The van der Waals surface area contributed by atoms with E-state index in [2.05, 4.69) is 5.16 Å². The Hall–Kier alpha value is -2.10. The molecule has 2 aromatic rings. The van der Waals surface area contributed by atoms with Crippen molar-refractivity contribution < 1.29 is 26.4 Å². The summed E-state index contributed by atoms with van der Waals surface area (Å²) in [5.74, 6) is 0. The molecule has 0 aliphatic heterocycles. The van der Waals surface area contributed by atoms with Crippen LogP contribution in [-0.2, 0) is 28.1 Å². The van der Waals surface area contributed by atoms with Gasteiger partial charge in [0.2, 0.25) is 0 Å². The third-order valence-electron chi connectivity index (χ3n) is 2.73. The molecule has 0 radical (unpaired) electrons. The molecule has 5 nitrogen and oxygen atoms in total. The Morgan fingerprint density at radius 2 is 1.62 bits per heavy atom. The molecular formula is C15H11Cl2F3N2O3S. The van der Waals surface area contributed by atoms with Crippen molar-refractivity contribution in [3.8, 4) is 0 Å². The standard InChI is InChI=1S/C15H10Cl2F3NO.HNO2S/c16-12-3-1-10(2-4-12)9-22-21-8-11-7-13(17)5-6-14(11)15(18,19)20;1-4(2)3/h1-8H,9H2;1H/b21-8+;. The lowest BCUT2D eigenvalue weighted by Gasteiger charge is -2.09. The second-order valence-corrected chi connectivity index (χ2v) is 5.94. The summed E-state index contributed by atoms with van der Waals surface area (Å²) in [7, 11) is -2.61. The molecule has 0 fully saturated rings. The van der Waals surface area contributed by atoms with E-state index in [1.165, 1.54) is 12.1 Å². The van der Waals surface area contributed by atoms with Crippen molar-refractivity contribution in [1.29, 1.82) is 4.78 Å². The topological polar surface area (TPSA) is 79.6 Å². The van der Waals surface area contributed by atoms with Gasteiger partial charge >= 0.3 is 16.7 Å². The van der Waals surface area contributed by atoms with Crippen LogP contribution in [0.5, 0.6) is 0 Å². The van der Waals surface area contributed by atoms with Crippen molar-refractivity contribution in [2.45, 2.75) is 12.8 Å². The number of alkyl halides is 3. The van der Waals surface area contributed by atoms with Gasteiger partial charge in [-0.25, -0.2) is 0 Å². The van der Waals surface area contributed by atoms with Crippen LogP contribution in [0.3, 0.4) is 0 Å². The second-order valence-electron chi connectivity index (χ2n) is 4.60. The first-order chi connectivity index (χ1) is 12.1. The summed E-state index contributed by atoms with van der Waals surface area (Å²) in [6.45, 7) is 0.121. The van der Waals surface area contributed by atoms with Crippen LogP contribution in [-0.4, -0.2) is 14.6 Å². The van der Waals surface area contributed by atoms with E-state index in [1.807, 2.05) is 0 Å². The van der Waals surface area contributed by atoms with E-state index >= 15 is 0 Å². The second kappa shape index (κ2) is 10.1. The largest absolute Gasteiger partial charge is 0.417 e. The molecule has 0 spiro atoms. The number of oxime groups is 1. The maximum Gasteiger partial charge on any atom is 0.417 e. The van der Waals surface area contributed by atoms with Crippen molar-refractivity contribution in [3.05, 3.63) is 69.2 Å². The fourth-order valence-corrected chi connectivity index (χ4v) is 1.99. The molecule has 0 atom stereocenters. The Balaban J connectivity index is 0.000000765. The third kappa shape index (κ3) is 8.32. The molecule has 140 valence electrons. The molecule has 0 saturated carbocycles. The summed E-state index contributed by atoms with van der Waals surface area (Å²) in [4.78, 5) is 4.99. The Kier molecular flexibility index (Phi) is 8.56. The van der Waals surface area contributed by atoms with Crippen LogP contribution in [0.1, 0.15) is 16.7 Å². The Labute approximate surface area is 158 Å². The molecule has 0 bridgehead atoms. The lowest BCUT2D eigenvalue weighted by Crippen LogP contribution is -2.08. The van der Waals surface area contributed by atoms with Crippen LogP contribution in [0.2, 0.25) is 10.0 Å². The van der Waals surface area contributed by atoms with E-state index in [4.69, 9.17) is 41.2 Å². The Morgan fingerprint density at radius 1 is 1.08 bits per heavy atom. The summed E-state index contributed by atoms with van der Waals surface area (Å²) in [5.41, 5.74) is -0.185. The first-order valence-electron chi connectivity index (χ1n) is 6.66. The first kappa shape index (κ1) is 21.9. The van der Waals surface area contributed by atoms with E-state index in [0.717, 1.165) is 17.8 Å². The molecule has 11 heteroatoms. The predicted octanol–water partition coefficient (Wildman–Crippen LogP) is 5.19. The van der Waals surface area contributed by atoms with Gasteiger partial charge in [-0.3, -0.25) is 0 Å². The third-order valence-corrected chi connectivity index (χ3v) is 3.22. The number of hydrogen-bond acceptors (Lipinski definition) is 5. The maximum absolute atomic E-state index is 12.8. The summed E-state index contributed by atoms with van der Waals surface area (Å²) in [5, 5.41) is 4.33. The minimum Gasteiger partial charge on any atom is -0.391 e. The smallest absolute Gasteiger partial charge is 0.391 e. The summed E-state index contributed by atoms with van der Waals surface area (Å²) < 4.78 is 61.3. The zero-order valence-electron chi connectivity index (χ0n) is 12.8. The lowest BCUT2D eigenvalue weighted by molar-refractivity contribution is -0.137. The highest BCUT2D eigenvalue weighted by molar-refractivity contribution is 7.60. The van der Waals surface area contributed by atoms with Gasteiger partial charge in [-0.05, 0) is 35.9 Å². The van der Waals surface area contributed by atoms with Gasteiger partial charge in [-0.1, -0.05) is 40.5 Å². The summed E-state index contributed by atoms with van der Waals surface area (Å²) in [6.07, 6.45) is -3.49. The van der Waals surface area contributed by atoms with Gasteiger partial charge in [0.05, 0.1) is 11.8 Å². The quantitative estimate of drug-likeness (QED) is 0.539. The van der Waals surface area contributed by atoms with Crippen LogP contribution in [0.15, 0.2) is 47.6 Å². The molecule has 0 aliphatic carbocycles. The van der Waals surface area contributed by atoms with Crippen molar-refractivity contribution in [1.82, 2.24) is 0 Å². The summed E-state index contributed by atoms with van der Waals surface area (Å²) >= 11 is 11.4. The number of rotatable bonds is 4. The van der Waals surface area contributed by atoms with E-state index in [9.17, 15) is 13.2 Å². The number of halogens is 5. The number of nitrogens with zero attached hydrogens (tertiary/aromatic N) is 1. The van der Waals surface area contributed by atoms with Crippen molar-refractivity contribution >= 4 is 39.9 Å². The Bertz CT molecular complexity index is 864. The summed E-state index contributed by atoms with van der Waals surface area (Å²) in [6, 6.07) is 10.1. The van der Waals surface area contributed by atoms with Gasteiger partial charge in [0.15, 0.2) is 0 Å². The van der Waals surface area contributed by atoms with Crippen molar-refractivity contribution in [2.24, 2.45) is 5.16 Å². The van der Waals surface area contributed by atoms with Gasteiger partial charge in [0.25, 0.3) is 0 Å². The highest BCUT2D eigenvalue weighted by atomic mass is 35.5. The van der Waals surface area contributed by atoms with Crippen LogP contribution in [0.25, 0.3) is 0 Å². The number of benzene rings is 2. The van der Waals surface area contributed by atoms with E-state index in [-0.39, 0.29) is 17.2 Å². The van der Waals surface area contributed by atoms with Gasteiger partial charge in [-0.15, -0.1) is 0 Å². The van der Waals surface area contributed by atoms with Gasteiger partial charge in [0.1, 0.15) is 6.61 Å². The molecule has 1 N–H and O–H groups in total. The predicted molar refractivity (Wildman–Crippen MR) is 91.9 cm³/mol. The molecular weight excluding hydrogens is 416 g/mol. The fourth-order valence-electron chi connectivity index (χ4n) is 1.69. The first-order valence-corrected chi connectivity index (χ1v) is 8.49. The van der Waals surface area contributed by atoms with Crippen LogP contribution < -0.4 is 0 Å². The molecule has 0 saturated heterocycles. The molecule has 0 aliphatic rings. The van der Waals surface area contributed by atoms with Gasteiger partial charge in [-0.2, -0.15) is 26.4 Å². The average molecular weight is 427 g/mol. The van der Waals surface area contributed by atoms with Crippen LogP contribution in [0, 0.1) is 4.78 Å². The van der Waals surface area contributed by atoms with Crippen molar-refractivity contribution in [2.75, 3.05) is 0 Å². The highest BCUT2D eigenvalue weighted by Crippen LogP contribution is 2.32. The van der Waals surface area contributed by atoms with E-state index in [0.29, 0.717) is 5.02 Å². The monoisotopic (exact) mass is 426 g/mol. The van der Waals surface area contributed by atoms with Crippen molar-refractivity contribution in [3.63, 3.8) is 0 Å². The Morgan fingerprint density at radius 3 is 2.15 bits per heavy atom. The molecule has 0 amide bonds. The average Bonchev–Trinajstić information content (AvgIpc) is 2.51. The molecule has 0 heterocycles. The molecule has 0 unspecified atom stereocenters. The number of nitrogens with one attached hydrogen (secondary N) is 1. The lowest BCUT2D eigenvalue weighted by atomic mass is 10.1. The minimum atomic E-state index is -4.48. The van der Waals surface area contributed by atoms with Crippen LogP contribution >= 0.6 is 23.2 Å². The van der Waals surface area contributed by atoms with Gasteiger partial charge in [0, 0.05) is 15.6 Å². The molecule has 0 aromatic heterocycles. The van der Waals surface area contributed by atoms with Crippen LogP contribution in [0.4, 0.5) is 13.2 Å². The minimum absolute atomic E-state index is 0.121. The zero-order chi connectivity index (χ0) is 19.7. The molecule has 2 rings (SSSR count). The van der Waals surface area contributed by atoms with Gasteiger partial charge < -0.3 is 4.84 Å². The molecule has 26 heavy (non-hydrogen) atoms. The normalized spacial score (nSPS) is 11.0. The highest BCUT2D eigenvalue weighted by Gasteiger charge is 2.32. The number of hydrogen-bond donors (Lipinski definition) is 1. The maximum atomic E-state index is 12.8. The fraction of sp³-hybridized carbons (Fsp3) is 0.133. The SMILES string of the molecule is FC(F)(F)c1ccc(Cl)cc1/C=N/OCc1ccc(Cl)cc1.N=S(=O)=O. The zero-order valence-corrected chi connectivity index (χ0v) is 15.1. The van der Waals surface area contributed by atoms with E-state index in [1.54, 1.807) is 24.3 Å². The molecule has 2 aromatic carbocycles. The van der Waals surface area contributed by atoms with E-state index < -0.39 is 22.2 Å².